The maximum atomic E-state index is 13.6. The lowest BCUT2D eigenvalue weighted by Gasteiger charge is -2.22. The van der Waals surface area contributed by atoms with Gasteiger partial charge >= 0.3 is 0 Å². The average molecular weight is 427 g/mol. The number of furan rings is 1. The lowest BCUT2D eigenvalue weighted by molar-refractivity contribution is 0.0737. The smallest absolute Gasteiger partial charge is 0.272 e. The first-order valence-electron chi connectivity index (χ1n) is 10.0. The number of hydrogen-bond acceptors (Lipinski definition) is 6. The molecule has 0 saturated heterocycles. The molecule has 0 radical (unpaired) electrons. The normalized spacial score (nSPS) is 10.5. The van der Waals surface area contributed by atoms with Crippen LogP contribution in [-0.2, 0) is 6.54 Å². The van der Waals surface area contributed by atoms with Crippen molar-refractivity contribution in [2.45, 2.75) is 13.0 Å². The van der Waals surface area contributed by atoms with Crippen molar-refractivity contribution in [1.82, 2.24) is 19.7 Å². The highest BCUT2D eigenvalue weighted by Gasteiger charge is 2.24. The minimum atomic E-state index is -0.245. The second kappa shape index (κ2) is 9.62. The van der Waals surface area contributed by atoms with Gasteiger partial charge in [-0.05, 0) is 48.0 Å². The van der Waals surface area contributed by atoms with Crippen molar-refractivity contribution in [1.29, 1.82) is 5.26 Å². The van der Waals surface area contributed by atoms with Crippen molar-refractivity contribution < 1.29 is 13.9 Å². The van der Waals surface area contributed by atoms with Crippen LogP contribution in [0, 0.1) is 11.3 Å². The third kappa shape index (κ3) is 4.52. The van der Waals surface area contributed by atoms with Crippen LogP contribution in [0.1, 0.15) is 22.5 Å². The molecule has 0 aliphatic carbocycles. The molecule has 8 heteroatoms. The number of benzene rings is 1. The second-order valence-corrected chi connectivity index (χ2v) is 7.00. The van der Waals surface area contributed by atoms with Gasteiger partial charge < -0.3 is 14.1 Å². The number of rotatable bonds is 8. The zero-order valence-corrected chi connectivity index (χ0v) is 17.5. The van der Waals surface area contributed by atoms with E-state index in [-0.39, 0.29) is 18.9 Å². The molecule has 0 saturated carbocycles. The van der Waals surface area contributed by atoms with E-state index in [1.165, 1.54) is 0 Å². The summed E-state index contributed by atoms with van der Waals surface area (Å²) in [5.41, 5.74) is 2.48. The first kappa shape index (κ1) is 20.9. The fraction of sp³-hybridized carbons (Fsp3) is 0.167. The lowest BCUT2D eigenvalue weighted by Crippen LogP contribution is -2.33. The highest BCUT2D eigenvalue weighted by atomic mass is 16.5. The molecule has 0 spiro atoms. The topological polar surface area (TPSA) is 97.2 Å². The summed E-state index contributed by atoms with van der Waals surface area (Å²) in [6.07, 6.45) is 5.17. The molecule has 3 aromatic heterocycles. The van der Waals surface area contributed by atoms with E-state index < -0.39 is 0 Å². The zero-order chi connectivity index (χ0) is 22.3. The summed E-state index contributed by atoms with van der Waals surface area (Å²) >= 11 is 0. The van der Waals surface area contributed by atoms with Gasteiger partial charge in [0.15, 0.2) is 5.76 Å². The molecular formula is C24H21N5O3. The predicted octanol–water partition coefficient (Wildman–Crippen LogP) is 4.09. The van der Waals surface area contributed by atoms with Crippen LogP contribution in [-0.4, -0.2) is 39.2 Å². The Morgan fingerprint density at radius 2 is 2.06 bits per heavy atom. The number of carbonyl (C=O) groups is 1. The first-order chi connectivity index (χ1) is 15.7. The summed E-state index contributed by atoms with van der Waals surface area (Å²) in [7, 11) is 1.60. The van der Waals surface area contributed by atoms with Crippen LogP contribution in [0.15, 0.2) is 77.7 Å². The van der Waals surface area contributed by atoms with Crippen molar-refractivity contribution >= 4 is 5.91 Å². The number of ether oxygens (including phenoxy) is 1. The van der Waals surface area contributed by atoms with Gasteiger partial charge in [-0.3, -0.25) is 9.78 Å². The van der Waals surface area contributed by atoms with E-state index in [1.807, 2.05) is 24.3 Å². The van der Waals surface area contributed by atoms with Crippen molar-refractivity contribution in [3.05, 3.63) is 84.5 Å². The van der Waals surface area contributed by atoms with Gasteiger partial charge in [-0.2, -0.15) is 10.4 Å². The van der Waals surface area contributed by atoms with Crippen molar-refractivity contribution in [2.75, 3.05) is 13.7 Å². The Morgan fingerprint density at radius 1 is 1.22 bits per heavy atom. The van der Waals surface area contributed by atoms with Gasteiger partial charge in [-0.25, -0.2) is 4.68 Å². The van der Waals surface area contributed by atoms with Crippen molar-refractivity contribution in [3.63, 3.8) is 0 Å². The Morgan fingerprint density at radius 3 is 2.72 bits per heavy atom. The molecular weight excluding hydrogens is 406 g/mol. The monoisotopic (exact) mass is 427 g/mol. The second-order valence-electron chi connectivity index (χ2n) is 7.00. The number of nitrogens with zero attached hydrogens (tertiary/aromatic N) is 5. The van der Waals surface area contributed by atoms with E-state index in [0.29, 0.717) is 35.1 Å². The number of methoxy groups -OCH3 is 1. The molecule has 4 aromatic rings. The molecule has 0 atom stereocenters. The summed E-state index contributed by atoms with van der Waals surface area (Å²) in [4.78, 5) is 19.4. The Labute approximate surface area is 185 Å². The quantitative estimate of drug-likeness (QED) is 0.420. The highest BCUT2D eigenvalue weighted by molar-refractivity contribution is 5.94. The van der Waals surface area contributed by atoms with Crippen LogP contribution in [0.3, 0.4) is 0 Å². The minimum Gasteiger partial charge on any atom is -0.497 e. The maximum Gasteiger partial charge on any atom is 0.272 e. The van der Waals surface area contributed by atoms with E-state index in [9.17, 15) is 4.79 Å². The zero-order valence-electron chi connectivity index (χ0n) is 17.5. The Bertz CT molecular complexity index is 1210. The van der Waals surface area contributed by atoms with E-state index in [4.69, 9.17) is 14.4 Å². The molecule has 0 unspecified atom stereocenters. The van der Waals surface area contributed by atoms with Crippen LogP contribution in [0.5, 0.6) is 5.75 Å². The van der Waals surface area contributed by atoms with Gasteiger partial charge in [0.2, 0.25) is 0 Å². The van der Waals surface area contributed by atoms with Crippen LogP contribution in [0.2, 0.25) is 0 Å². The SMILES string of the molecule is COc1ccc(-n2nc(-c3ccco3)cc2C(=O)N(CCC#N)Cc2cccnc2)cc1. The molecule has 0 aliphatic heterocycles. The summed E-state index contributed by atoms with van der Waals surface area (Å²) in [6, 6.07) is 18.4. The molecule has 32 heavy (non-hydrogen) atoms. The predicted molar refractivity (Wildman–Crippen MR) is 117 cm³/mol. The Kier molecular flexibility index (Phi) is 6.28. The largest absolute Gasteiger partial charge is 0.497 e. The van der Waals surface area contributed by atoms with Crippen LogP contribution in [0.4, 0.5) is 0 Å². The summed E-state index contributed by atoms with van der Waals surface area (Å²) < 4.78 is 12.3. The molecule has 0 fully saturated rings. The first-order valence-corrected chi connectivity index (χ1v) is 10.0. The number of carbonyl (C=O) groups excluding carboxylic acids is 1. The fourth-order valence-corrected chi connectivity index (χ4v) is 3.31. The van der Waals surface area contributed by atoms with Crippen LogP contribution >= 0.6 is 0 Å². The number of hydrogen-bond donors (Lipinski definition) is 0. The summed E-state index contributed by atoms with van der Waals surface area (Å²) in [5, 5.41) is 13.7. The number of amides is 1. The molecule has 1 amide bonds. The molecule has 0 N–H and O–H groups in total. The van der Waals surface area contributed by atoms with Crippen LogP contribution < -0.4 is 4.74 Å². The number of aromatic nitrogens is 3. The Balaban J connectivity index is 1.74. The van der Waals surface area contributed by atoms with Gasteiger partial charge in [0.25, 0.3) is 5.91 Å². The van der Waals surface area contributed by atoms with Crippen molar-refractivity contribution in [3.8, 4) is 29.0 Å². The van der Waals surface area contributed by atoms with Gasteiger partial charge in [-0.15, -0.1) is 0 Å². The van der Waals surface area contributed by atoms with E-state index in [1.54, 1.807) is 65.7 Å². The highest BCUT2D eigenvalue weighted by Crippen LogP contribution is 2.25. The van der Waals surface area contributed by atoms with E-state index >= 15 is 0 Å². The van der Waals surface area contributed by atoms with E-state index in [0.717, 1.165) is 5.56 Å². The molecule has 160 valence electrons. The van der Waals surface area contributed by atoms with Gasteiger partial charge in [0.05, 0.1) is 31.6 Å². The molecule has 4 rings (SSSR count). The van der Waals surface area contributed by atoms with Crippen molar-refractivity contribution in [2.24, 2.45) is 0 Å². The summed E-state index contributed by atoms with van der Waals surface area (Å²) in [6.45, 7) is 0.617. The van der Waals surface area contributed by atoms with E-state index in [2.05, 4.69) is 16.2 Å². The minimum absolute atomic E-state index is 0.216. The van der Waals surface area contributed by atoms with Crippen LogP contribution in [0.25, 0.3) is 17.1 Å². The molecule has 1 aromatic carbocycles. The van der Waals surface area contributed by atoms with Gasteiger partial charge in [0, 0.05) is 31.5 Å². The molecule has 0 aliphatic rings. The standard InChI is InChI=1S/C24H21N5O3/c1-31-20-9-7-19(8-10-20)29-22(15-21(27-29)23-6-3-14-32-23)24(30)28(13-4-11-25)17-18-5-2-12-26-16-18/h2-3,5-10,12,14-16H,4,13,17H2,1H3. The summed E-state index contributed by atoms with van der Waals surface area (Å²) in [5.74, 6) is 1.01. The van der Waals surface area contributed by atoms with Gasteiger partial charge in [-0.1, -0.05) is 6.07 Å². The molecule has 8 nitrogen and oxygen atoms in total. The average Bonchev–Trinajstić information content (AvgIpc) is 3.52. The van der Waals surface area contributed by atoms with Gasteiger partial charge in [0.1, 0.15) is 17.1 Å². The third-order valence-electron chi connectivity index (χ3n) is 4.90. The molecule has 0 bridgehead atoms. The fourth-order valence-electron chi connectivity index (χ4n) is 3.31. The lowest BCUT2D eigenvalue weighted by atomic mass is 10.2. The Hall–Kier alpha value is -4.38. The number of nitriles is 1. The third-order valence-corrected chi connectivity index (χ3v) is 4.90. The maximum absolute atomic E-state index is 13.6. The molecule has 3 heterocycles. The number of pyridine rings is 1.